The van der Waals surface area contributed by atoms with Gasteiger partial charge in [0.05, 0.1) is 11.3 Å². The lowest BCUT2D eigenvalue weighted by Crippen LogP contribution is -2.00. The van der Waals surface area contributed by atoms with Gasteiger partial charge in [0.25, 0.3) is 0 Å². The number of carbonyl (C=O) groups is 1. The van der Waals surface area contributed by atoms with Gasteiger partial charge in [0.15, 0.2) is 0 Å². The number of hydrogen-bond donors (Lipinski definition) is 2. The van der Waals surface area contributed by atoms with E-state index in [2.05, 4.69) is 9.97 Å². The molecule has 0 saturated carbocycles. The van der Waals surface area contributed by atoms with Gasteiger partial charge in [0.1, 0.15) is 0 Å². The second-order valence-corrected chi connectivity index (χ2v) is 3.09. The monoisotopic (exact) mass is 216 g/mol. The molecular weight excluding hydrogens is 208 g/mol. The van der Waals surface area contributed by atoms with E-state index in [9.17, 15) is 4.79 Å². The van der Waals surface area contributed by atoms with E-state index < -0.39 is 5.97 Å². The molecule has 80 valence electrons. The molecule has 0 atom stereocenters. The minimum Gasteiger partial charge on any atom is -0.479 e. The maximum Gasteiger partial charge on any atom is 0.336 e. The minimum absolute atomic E-state index is 0.139. The Morgan fingerprint density at radius 2 is 1.94 bits per heavy atom. The average molecular weight is 216 g/mol. The average Bonchev–Trinajstić information content (AvgIpc) is 2.29. The van der Waals surface area contributed by atoms with Gasteiger partial charge in [-0.1, -0.05) is 18.2 Å². The molecule has 0 aliphatic rings. The Kier molecular flexibility index (Phi) is 2.51. The first-order chi connectivity index (χ1) is 7.68. The smallest absolute Gasteiger partial charge is 0.336 e. The molecule has 16 heavy (non-hydrogen) atoms. The summed E-state index contributed by atoms with van der Waals surface area (Å²) in [6.07, 6.45) is 1.37. The van der Waals surface area contributed by atoms with Gasteiger partial charge < -0.3 is 10.2 Å². The fourth-order valence-corrected chi connectivity index (χ4v) is 1.39. The molecule has 0 radical (unpaired) electrons. The molecule has 0 unspecified atom stereocenters. The highest BCUT2D eigenvalue weighted by Gasteiger charge is 2.11. The number of carboxylic acids is 1. The Morgan fingerprint density at radius 1 is 1.19 bits per heavy atom. The van der Waals surface area contributed by atoms with Gasteiger partial charge in [-0.15, -0.1) is 0 Å². The molecule has 0 aliphatic heterocycles. The van der Waals surface area contributed by atoms with E-state index in [1.165, 1.54) is 12.3 Å². The van der Waals surface area contributed by atoms with Crippen molar-refractivity contribution < 1.29 is 15.0 Å². The van der Waals surface area contributed by atoms with Crippen LogP contribution >= 0.6 is 0 Å². The number of aromatic carboxylic acids is 1. The van der Waals surface area contributed by atoms with Crippen molar-refractivity contribution in [3.63, 3.8) is 0 Å². The van der Waals surface area contributed by atoms with Crippen LogP contribution in [0.3, 0.4) is 0 Å². The Labute approximate surface area is 91.0 Å². The Balaban J connectivity index is 2.60. The predicted molar refractivity (Wildman–Crippen MR) is 56.1 cm³/mol. The molecule has 5 nitrogen and oxygen atoms in total. The van der Waals surface area contributed by atoms with Crippen molar-refractivity contribution in [1.82, 2.24) is 9.97 Å². The number of nitrogens with zero attached hydrogens (tertiary/aromatic N) is 2. The van der Waals surface area contributed by atoms with Crippen LogP contribution in [0, 0.1) is 0 Å². The summed E-state index contributed by atoms with van der Waals surface area (Å²) in [6, 6.07) is 7.62. The van der Waals surface area contributed by atoms with Crippen molar-refractivity contribution in [2.24, 2.45) is 0 Å². The number of carboxylic acid groups (broad SMARTS) is 1. The molecule has 2 N–H and O–H groups in total. The zero-order valence-electron chi connectivity index (χ0n) is 8.16. The molecule has 2 aromatic rings. The topological polar surface area (TPSA) is 83.3 Å². The first-order valence-electron chi connectivity index (χ1n) is 4.53. The van der Waals surface area contributed by atoms with Crippen LogP contribution in [0.4, 0.5) is 0 Å². The van der Waals surface area contributed by atoms with Crippen molar-refractivity contribution >= 4 is 5.97 Å². The molecule has 0 saturated heterocycles. The van der Waals surface area contributed by atoms with E-state index in [0.29, 0.717) is 11.3 Å². The van der Waals surface area contributed by atoms with E-state index in [0.717, 1.165) is 0 Å². The van der Waals surface area contributed by atoms with E-state index in [4.69, 9.17) is 10.2 Å². The SMILES string of the molecule is O=C(O)c1ccccc1-c1ccnc(O)n1. The van der Waals surface area contributed by atoms with E-state index in [1.807, 2.05) is 0 Å². The van der Waals surface area contributed by atoms with Crippen molar-refractivity contribution in [3.05, 3.63) is 42.1 Å². The van der Waals surface area contributed by atoms with Crippen LogP contribution in [-0.4, -0.2) is 26.2 Å². The first kappa shape index (κ1) is 10.1. The first-order valence-corrected chi connectivity index (χ1v) is 4.53. The third-order valence-electron chi connectivity index (χ3n) is 2.08. The molecule has 0 aliphatic carbocycles. The number of rotatable bonds is 2. The van der Waals surface area contributed by atoms with E-state index in [-0.39, 0.29) is 11.6 Å². The molecule has 2 rings (SSSR count). The highest BCUT2D eigenvalue weighted by molar-refractivity contribution is 5.95. The van der Waals surface area contributed by atoms with Gasteiger partial charge in [-0.25, -0.2) is 9.78 Å². The maximum atomic E-state index is 11.0. The third-order valence-corrected chi connectivity index (χ3v) is 2.08. The van der Waals surface area contributed by atoms with Crippen LogP contribution < -0.4 is 0 Å². The maximum absolute atomic E-state index is 11.0. The largest absolute Gasteiger partial charge is 0.479 e. The lowest BCUT2D eigenvalue weighted by Gasteiger charge is -2.04. The standard InChI is InChI=1S/C11H8N2O3/c14-10(15)8-4-2-1-3-7(8)9-5-6-12-11(16)13-9/h1-6H,(H,14,15)(H,12,13,16). The van der Waals surface area contributed by atoms with Crippen molar-refractivity contribution in [2.75, 3.05) is 0 Å². The van der Waals surface area contributed by atoms with Crippen molar-refractivity contribution in [3.8, 4) is 17.3 Å². The van der Waals surface area contributed by atoms with Crippen molar-refractivity contribution in [1.29, 1.82) is 0 Å². The lowest BCUT2D eigenvalue weighted by molar-refractivity contribution is 0.0697. The van der Waals surface area contributed by atoms with E-state index >= 15 is 0 Å². The number of benzene rings is 1. The molecule has 0 bridgehead atoms. The van der Waals surface area contributed by atoms with Gasteiger partial charge in [-0.2, -0.15) is 4.98 Å². The molecule has 1 aromatic carbocycles. The summed E-state index contributed by atoms with van der Waals surface area (Å²) in [5, 5.41) is 18.1. The second kappa shape index (κ2) is 3.98. The summed E-state index contributed by atoms with van der Waals surface area (Å²) in [5.41, 5.74) is 0.971. The molecular formula is C11H8N2O3. The quantitative estimate of drug-likeness (QED) is 0.795. The summed E-state index contributed by atoms with van der Waals surface area (Å²) in [4.78, 5) is 18.3. The van der Waals surface area contributed by atoms with Crippen LogP contribution in [0.15, 0.2) is 36.5 Å². The molecule has 1 aromatic heterocycles. The van der Waals surface area contributed by atoms with Gasteiger partial charge in [-0.05, 0) is 12.1 Å². The number of aromatic nitrogens is 2. The van der Waals surface area contributed by atoms with Crippen molar-refractivity contribution in [2.45, 2.75) is 0 Å². The summed E-state index contributed by atoms with van der Waals surface area (Å²) in [5.74, 6) is -1.03. The lowest BCUT2D eigenvalue weighted by atomic mass is 10.0. The van der Waals surface area contributed by atoms with Gasteiger partial charge in [0.2, 0.25) is 0 Å². The van der Waals surface area contributed by atoms with Crippen LogP contribution in [0.25, 0.3) is 11.3 Å². The second-order valence-electron chi connectivity index (χ2n) is 3.09. The molecule has 1 heterocycles. The highest BCUT2D eigenvalue weighted by Crippen LogP contribution is 2.22. The Hall–Kier alpha value is -2.43. The third kappa shape index (κ3) is 1.83. The van der Waals surface area contributed by atoms with Gasteiger partial charge in [-0.3, -0.25) is 0 Å². The Bertz CT molecular complexity index is 540. The van der Waals surface area contributed by atoms with Crippen LogP contribution in [0.5, 0.6) is 6.01 Å². The van der Waals surface area contributed by atoms with Gasteiger partial charge >= 0.3 is 12.0 Å². The summed E-state index contributed by atoms with van der Waals surface area (Å²) in [6.45, 7) is 0. The van der Waals surface area contributed by atoms with E-state index in [1.54, 1.807) is 24.3 Å². The Morgan fingerprint density at radius 3 is 2.62 bits per heavy atom. The van der Waals surface area contributed by atoms with Crippen LogP contribution in [0.2, 0.25) is 0 Å². The summed E-state index contributed by atoms with van der Waals surface area (Å²) < 4.78 is 0. The fourth-order valence-electron chi connectivity index (χ4n) is 1.39. The highest BCUT2D eigenvalue weighted by atomic mass is 16.4. The minimum atomic E-state index is -1.03. The molecule has 0 spiro atoms. The number of aromatic hydroxyl groups is 1. The summed E-state index contributed by atoms with van der Waals surface area (Å²) in [7, 11) is 0. The van der Waals surface area contributed by atoms with Crippen LogP contribution in [0.1, 0.15) is 10.4 Å². The van der Waals surface area contributed by atoms with Gasteiger partial charge in [0, 0.05) is 11.8 Å². The molecule has 0 fully saturated rings. The fraction of sp³-hybridized carbons (Fsp3) is 0. The summed E-state index contributed by atoms with van der Waals surface area (Å²) >= 11 is 0. The zero-order chi connectivity index (χ0) is 11.5. The van der Waals surface area contributed by atoms with Crippen LogP contribution in [-0.2, 0) is 0 Å². The number of hydrogen-bond acceptors (Lipinski definition) is 4. The molecule has 5 heteroatoms. The zero-order valence-corrected chi connectivity index (χ0v) is 8.16. The normalized spacial score (nSPS) is 10.0. The predicted octanol–water partition coefficient (Wildman–Crippen LogP) is 1.55. The molecule has 0 amide bonds.